The Balaban J connectivity index is 2.22. The number of nitrogens with one attached hydrogen (secondary N) is 1. The summed E-state index contributed by atoms with van der Waals surface area (Å²) < 4.78 is 4.95. The average molecular weight is 347 g/mol. The highest BCUT2D eigenvalue weighted by molar-refractivity contribution is 7.18. The van der Waals surface area contributed by atoms with Gasteiger partial charge in [-0.15, -0.1) is 11.3 Å². The van der Waals surface area contributed by atoms with Crippen molar-refractivity contribution in [1.82, 2.24) is 0 Å². The minimum absolute atomic E-state index is 0.219. The van der Waals surface area contributed by atoms with Crippen LogP contribution in [0.15, 0.2) is 24.3 Å². The topological polar surface area (TPSA) is 125 Å². The van der Waals surface area contributed by atoms with Gasteiger partial charge in [0, 0.05) is 11.3 Å². The number of hydrogen-bond donors (Lipinski definition) is 3. The van der Waals surface area contributed by atoms with Gasteiger partial charge >= 0.3 is 5.97 Å². The highest BCUT2D eigenvalue weighted by Gasteiger charge is 2.24. The Bertz CT molecular complexity index is 796. The first-order chi connectivity index (χ1) is 11.3. The molecular formula is C16H17N3O4S. The maximum absolute atomic E-state index is 12.4. The number of primary amides is 1. The summed E-state index contributed by atoms with van der Waals surface area (Å²) in [5.41, 5.74) is 12.5. The van der Waals surface area contributed by atoms with Crippen molar-refractivity contribution in [1.29, 1.82) is 0 Å². The second-order valence-electron chi connectivity index (χ2n) is 4.91. The second-order valence-corrected chi connectivity index (χ2v) is 5.96. The Morgan fingerprint density at radius 3 is 2.38 bits per heavy atom. The van der Waals surface area contributed by atoms with E-state index in [0.717, 1.165) is 11.3 Å². The molecule has 1 aromatic heterocycles. The summed E-state index contributed by atoms with van der Waals surface area (Å²) in [5.74, 6) is -1.49. The number of rotatable bonds is 5. The monoisotopic (exact) mass is 347 g/mol. The van der Waals surface area contributed by atoms with E-state index in [1.165, 1.54) is 12.1 Å². The molecule has 0 saturated heterocycles. The fourth-order valence-electron chi connectivity index (χ4n) is 2.12. The summed E-state index contributed by atoms with van der Waals surface area (Å²) in [6.07, 6.45) is 0. The summed E-state index contributed by atoms with van der Waals surface area (Å²) >= 11 is 1.02. The summed E-state index contributed by atoms with van der Waals surface area (Å²) in [6, 6.07) is 6.16. The molecule has 0 saturated carbocycles. The van der Waals surface area contributed by atoms with Crippen LogP contribution in [0.1, 0.15) is 42.9 Å². The maximum Gasteiger partial charge on any atom is 0.341 e. The van der Waals surface area contributed by atoms with E-state index in [2.05, 4.69) is 5.32 Å². The van der Waals surface area contributed by atoms with Crippen molar-refractivity contribution in [3.8, 4) is 0 Å². The van der Waals surface area contributed by atoms with Gasteiger partial charge in [0.2, 0.25) is 5.91 Å². The Morgan fingerprint density at radius 1 is 1.21 bits per heavy atom. The molecule has 2 rings (SSSR count). The quantitative estimate of drug-likeness (QED) is 0.715. The zero-order valence-corrected chi connectivity index (χ0v) is 14.0. The predicted molar refractivity (Wildman–Crippen MR) is 92.3 cm³/mol. The molecule has 0 aliphatic rings. The number of carbonyl (C=O) groups is 3. The van der Waals surface area contributed by atoms with Gasteiger partial charge in [0.05, 0.1) is 17.0 Å². The molecule has 1 heterocycles. The number of benzene rings is 1. The van der Waals surface area contributed by atoms with Crippen LogP contribution in [0.5, 0.6) is 0 Å². The molecule has 0 bridgehead atoms. The number of ether oxygens (including phenoxy) is 1. The van der Waals surface area contributed by atoms with Crippen LogP contribution in [0.25, 0.3) is 0 Å². The third-order valence-electron chi connectivity index (χ3n) is 3.29. The third-order valence-corrected chi connectivity index (χ3v) is 4.41. The molecule has 0 unspecified atom stereocenters. The number of nitrogen functional groups attached to an aromatic ring is 1. The van der Waals surface area contributed by atoms with E-state index in [-0.39, 0.29) is 17.2 Å². The molecule has 7 nitrogen and oxygen atoms in total. The number of esters is 1. The fourth-order valence-corrected chi connectivity index (χ4v) is 3.07. The molecule has 1 aromatic carbocycles. The van der Waals surface area contributed by atoms with Crippen LogP contribution in [-0.2, 0) is 4.74 Å². The van der Waals surface area contributed by atoms with Gasteiger partial charge in [-0.2, -0.15) is 0 Å². The molecule has 2 aromatic rings. The van der Waals surface area contributed by atoms with Crippen LogP contribution in [0, 0.1) is 6.92 Å². The second kappa shape index (κ2) is 7.14. The van der Waals surface area contributed by atoms with Gasteiger partial charge < -0.3 is 21.5 Å². The molecule has 8 heteroatoms. The lowest BCUT2D eigenvalue weighted by Gasteiger charge is -2.06. The Morgan fingerprint density at radius 2 is 1.83 bits per heavy atom. The Hall–Kier alpha value is -2.87. The van der Waals surface area contributed by atoms with Crippen molar-refractivity contribution in [3.05, 3.63) is 45.8 Å². The van der Waals surface area contributed by atoms with Gasteiger partial charge in [-0.3, -0.25) is 9.59 Å². The molecule has 24 heavy (non-hydrogen) atoms. The first kappa shape index (κ1) is 17.5. The van der Waals surface area contributed by atoms with Gasteiger partial charge in [0.15, 0.2) is 0 Å². The van der Waals surface area contributed by atoms with Crippen LogP contribution < -0.4 is 16.8 Å². The van der Waals surface area contributed by atoms with Crippen LogP contribution in [0.2, 0.25) is 0 Å². The average Bonchev–Trinajstić information content (AvgIpc) is 2.83. The smallest absolute Gasteiger partial charge is 0.341 e. The van der Waals surface area contributed by atoms with Crippen LogP contribution >= 0.6 is 11.3 Å². The fraction of sp³-hybridized carbons (Fsp3) is 0.188. The summed E-state index contributed by atoms with van der Waals surface area (Å²) in [7, 11) is 0. The SMILES string of the molecule is CCOC(=O)c1c(N)sc(C(=O)Nc2ccc(C(N)=O)cc2)c1C. The van der Waals surface area contributed by atoms with Gasteiger partial charge in [-0.1, -0.05) is 0 Å². The summed E-state index contributed by atoms with van der Waals surface area (Å²) in [4.78, 5) is 35.7. The number of anilines is 2. The van der Waals surface area contributed by atoms with Crippen LogP contribution in [0.3, 0.4) is 0 Å². The molecule has 0 spiro atoms. The highest BCUT2D eigenvalue weighted by atomic mass is 32.1. The number of thiophene rings is 1. The minimum Gasteiger partial charge on any atom is -0.462 e. The predicted octanol–water partition coefficient (Wildman–Crippen LogP) is 2.17. The molecule has 0 aliphatic heterocycles. The zero-order chi connectivity index (χ0) is 17.9. The minimum atomic E-state index is -0.548. The summed E-state index contributed by atoms with van der Waals surface area (Å²) in [6.45, 7) is 3.56. The molecule has 5 N–H and O–H groups in total. The number of nitrogens with two attached hydrogens (primary N) is 2. The van der Waals surface area contributed by atoms with Crippen molar-refractivity contribution in [2.45, 2.75) is 13.8 Å². The van der Waals surface area contributed by atoms with Gasteiger partial charge in [0.1, 0.15) is 5.00 Å². The third kappa shape index (κ3) is 3.54. The molecule has 0 aliphatic carbocycles. The van der Waals surface area contributed by atoms with Crippen LogP contribution in [-0.4, -0.2) is 24.4 Å². The van der Waals surface area contributed by atoms with E-state index < -0.39 is 17.8 Å². The standard InChI is InChI=1S/C16H17N3O4S/c1-3-23-16(22)11-8(2)12(24-14(11)18)15(21)19-10-6-4-9(5-7-10)13(17)20/h4-7H,3,18H2,1-2H3,(H2,17,20)(H,19,21). The number of carbonyl (C=O) groups excluding carboxylic acids is 3. The molecule has 0 radical (unpaired) electrons. The number of amides is 2. The van der Waals surface area contributed by atoms with Crippen molar-refractivity contribution in [3.63, 3.8) is 0 Å². The molecule has 126 valence electrons. The van der Waals surface area contributed by atoms with Gasteiger partial charge in [0.25, 0.3) is 5.91 Å². The van der Waals surface area contributed by atoms with Gasteiger partial charge in [-0.05, 0) is 43.7 Å². The number of hydrogen-bond acceptors (Lipinski definition) is 6. The molecule has 0 atom stereocenters. The lowest BCUT2D eigenvalue weighted by molar-refractivity contribution is 0.0527. The van der Waals surface area contributed by atoms with E-state index in [1.807, 2.05) is 0 Å². The summed E-state index contributed by atoms with van der Waals surface area (Å²) in [5, 5.41) is 2.92. The van der Waals surface area contributed by atoms with Gasteiger partial charge in [-0.25, -0.2) is 4.79 Å². The highest BCUT2D eigenvalue weighted by Crippen LogP contribution is 2.31. The Labute approximate surface area is 142 Å². The maximum atomic E-state index is 12.4. The molecule has 0 fully saturated rings. The first-order valence-corrected chi connectivity index (χ1v) is 7.94. The van der Waals surface area contributed by atoms with Crippen molar-refractivity contribution >= 4 is 39.8 Å². The van der Waals surface area contributed by atoms with E-state index in [1.54, 1.807) is 26.0 Å². The van der Waals surface area contributed by atoms with Crippen molar-refractivity contribution in [2.75, 3.05) is 17.7 Å². The molecular weight excluding hydrogens is 330 g/mol. The van der Waals surface area contributed by atoms with Crippen molar-refractivity contribution in [2.24, 2.45) is 5.73 Å². The van der Waals surface area contributed by atoms with E-state index >= 15 is 0 Å². The van der Waals surface area contributed by atoms with Crippen molar-refractivity contribution < 1.29 is 19.1 Å². The lowest BCUT2D eigenvalue weighted by atomic mass is 10.1. The molecule has 2 amide bonds. The van der Waals surface area contributed by atoms with Crippen LogP contribution in [0.4, 0.5) is 10.7 Å². The van der Waals surface area contributed by atoms with E-state index in [0.29, 0.717) is 21.7 Å². The Kier molecular flexibility index (Phi) is 5.20. The normalized spacial score (nSPS) is 10.2. The van der Waals surface area contributed by atoms with E-state index in [9.17, 15) is 14.4 Å². The zero-order valence-electron chi connectivity index (χ0n) is 13.2. The first-order valence-electron chi connectivity index (χ1n) is 7.12. The largest absolute Gasteiger partial charge is 0.462 e. The van der Waals surface area contributed by atoms with E-state index in [4.69, 9.17) is 16.2 Å². The lowest BCUT2D eigenvalue weighted by Crippen LogP contribution is -2.14.